The molecule has 0 spiro atoms. The van der Waals surface area contributed by atoms with Crippen LogP contribution in [0.2, 0.25) is 5.02 Å². The quantitative estimate of drug-likeness (QED) is 0.452. The third kappa shape index (κ3) is 3.42. The van der Waals surface area contributed by atoms with E-state index in [4.69, 9.17) is 11.6 Å². The van der Waals surface area contributed by atoms with Crippen LogP contribution in [0.1, 0.15) is 28.1 Å². The summed E-state index contributed by atoms with van der Waals surface area (Å²) in [6.07, 6.45) is 1.73. The summed E-state index contributed by atoms with van der Waals surface area (Å²) >= 11 is 5.91. The maximum Gasteiger partial charge on any atom is 0.333 e. The zero-order chi connectivity index (χ0) is 21.6. The summed E-state index contributed by atoms with van der Waals surface area (Å²) < 4.78 is 2.15. The number of urea groups is 1. The van der Waals surface area contributed by atoms with Crippen molar-refractivity contribution >= 4 is 35.3 Å². The third-order valence-electron chi connectivity index (χ3n) is 5.48. The monoisotopic (exact) mass is 419 g/mol. The lowest BCUT2D eigenvalue weighted by atomic mass is 10.1. The average molecular weight is 420 g/mol. The minimum absolute atomic E-state index is 0.246. The number of nitrogens with one attached hydrogen (secondary N) is 1. The third-order valence-corrected chi connectivity index (χ3v) is 5.73. The van der Waals surface area contributed by atoms with Crippen LogP contribution in [-0.4, -0.2) is 16.5 Å². The number of benzene rings is 2. The number of carbonyl (C=O) groups excluding carboxylic acids is 2. The molecular formula is C24H22ClN3O2. The van der Waals surface area contributed by atoms with E-state index >= 15 is 0 Å². The van der Waals surface area contributed by atoms with Gasteiger partial charge in [-0.25, -0.2) is 9.69 Å². The summed E-state index contributed by atoms with van der Waals surface area (Å²) in [5.41, 5.74) is 7.18. The Morgan fingerprint density at radius 3 is 2.20 bits per heavy atom. The second kappa shape index (κ2) is 7.50. The van der Waals surface area contributed by atoms with Gasteiger partial charge in [0.1, 0.15) is 5.70 Å². The Bertz CT molecular complexity index is 1210. The molecule has 30 heavy (non-hydrogen) atoms. The zero-order valence-corrected chi connectivity index (χ0v) is 18.0. The molecule has 2 heterocycles. The lowest BCUT2D eigenvalue weighted by Gasteiger charge is -2.12. The van der Waals surface area contributed by atoms with Crippen LogP contribution in [0.5, 0.6) is 0 Å². The summed E-state index contributed by atoms with van der Waals surface area (Å²) in [5, 5.41) is 3.23. The molecule has 1 fully saturated rings. The molecule has 5 nitrogen and oxygen atoms in total. The number of rotatable bonds is 3. The maximum absolute atomic E-state index is 12.9. The van der Waals surface area contributed by atoms with E-state index in [0.717, 1.165) is 27.5 Å². The van der Waals surface area contributed by atoms with E-state index in [2.05, 4.69) is 41.9 Å². The van der Waals surface area contributed by atoms with Gasteiger partial charge in [-0.15, -0.1) is 0 Å². The molecule has 0 radical (unpaired) electrons. The normalized spacial score (nSPS) is 15.2. The van der Waals surface area contributed by atoms with Gasteiger partial charge < -0.3 is 9.88 Å². The van der Waals surface area contributed by atoms with Gasteiger partial charge >= 0.3 is 6.03 Å². The van der Waals surface area contributed by atoms with Gasteiger partial charge in [0.2, 0.25) is 0 Å². The molecule has 2 aromatic carbocycles. The molecule has 0 saturated carbocycles. The lowest BCUT2D eigenvalue weighted by molar-refractivity contribution is -0.113. The van der Waals surface area contributed by atoms with Crippen molar-refractivity contribution in [2.75, 3.05) is 4.90 Å². The number of halogens is 1. The Hall–Kier alpha value is -3.31. The fraction of sp³-hybridized carbons (Fsp3) is 0.167. The van der Waals surface area contributed by atoms with Gasteiger partial charge in [0.05, 0.1) is 5.69 Å². The summed E-state index contributed by atoms with van der Waals surface area (Å²) in [7, 11) is 0. The number of nitrogens with zero attached hydrogens (tertiary/aromatic N) is 2. The first kappa shape index (κ1) is 20.0. The first-order valence-electron chi connectivity index (χ1n) is 9.65. The predicted octanol–water partition coefficient (Wildman–Crippen LogP) is 5.46. The second-order valence-electron chi connectivity index (χ2n) is 7.54. The van der Waals surface area contributed by atoms with Crippen LogP contribution >= 0.6 is 11.6 Å². The molecular weight excluding hydrogens is 398 g/mol. The van der Waals surface area contributed by atoms with Crippen molar-refractivity contribution in [3.63, 3.8) is 0 Å². The Balaban J connectivity index is 1.70. The highest BCUT2D eigenvalue weighted by molar-refractivity contribution is 6.31. The molecule has 0 atom stereocenters. The number of hydrogen-bond acceptors (Lipinski definition) is 2. The minimum atomic E-state index is -0.475. The maximum atomic E-state index is 12.9. The van der Waals surface area contributed by atoms with Crippen LogP contribution in [0, 0.1) is 27.7 Å². The Morgan fingerprint density at radius 2 is 1.53 bits per heavy atom. The number of imide groups is 1. The Morgan fingerprint density at radius 1 is 0.867 bits per heavy atom. The Labute approximate surface area is 180 Å². The van der Waals surface area contributed by atoms with E-state index < -0.39 is 11.9 Å². The van der Waals surface area contributed by atoms with Crippen LogP contribution < -0.4 is 10.2 Å². The van der Waals surface area contributed by atoms with E-state index in [1.807, 2.05) is 19.9 Å². The molecule has 0 aliphatic carbocycles. The molecule has 3 amide bonds. The molecule has 152 valence electrons. The molecule has 1 aliphatic heterocycles. The van der Waals surface area contributed by atoms with Gasteiger partial charge in [0, 0.05) is 22.1 Å². The van der Waals surface area contributed by atoms with Crippen molar-refractivity contribution in [1.29, 1.82) is 0 Å². The van der Waals surface area contributed by atoms with Crippen LogP contribution in [0.25, 0.3) is 11.8 Å². The number of amides is 3. The fourth-order valence-electron chi connectivity index (χ4n) is 3.71. The van der Waals surface area contributed by atoms with Crippen molar-refractivity contribution in [1.82, 2.24) is 9.88 Å². The van der Waals surface area contributed by atoms with Gasteiger partial charge in [-0.3, -0.25) is 4.79 Å². The van der Waals surface area contributed by atoms with E-state index in [0.29, 0.717) is 10.7 Å². The van der Waals surface area contributed by atoms with Crippen molar-refractivity contribution in [2.45, 2.75) is 27.7 Å². The van der Waals surface area contributed by atoms with E-state index in [1.165, 1.54) is 11.1 Å². The van der Waals surface area contributed by atoms with Crippen LogP contribution in [0.15, 0.2) is 54.2 Å². The summed E-state index contributed by atoms with van der Waals surface area (Å²) in [6, 6.07) is 14.5. The van der Waals surface area contributed by atoms with E-state index in [-0.39, 0.29) is 5.70 Å². The Kier molecular flexibility index (Phi) is 5.00. The summed E-state index contributed by atoms with van der Waals surface area (Å²) in [4.78, 5) is 26.4. The van der Waals surface area contributed by atoms with Gasteiger partial charge in [-0.05, 0) is 92.9 Å². The van der Waals surface area contributed by atoms with Crippen LogP contribution in [-0.2, 0) is 4.79 Å². The number of carbonyl (C=O) groups is 2. The predicted molar refractivity (Wildman–Crippen MR) is 120 cm³/mol. The van der Waals surface area contributed by atoms with Gasteiger partial charge in [-0.1, -0.05) is 17.7 Å². The van der Waals surface area contributed by atoms with Crippen molar-refractivity contribution in [3.8, 4) is 5.69 Å². The SMILES string of the molecule is Cc1ccc(-n2c(C)cc(/C=C3/NC(=O)N(c4ccc(Cl)cc4)C3=O)c2C)cc1C. The number of hydrogen-bond donors (Lipinski definition) is 1. The molecule has 0 unspecified atom stereocenters. The number of anilines is 1. The fourth-order valence-corrected chi connectivity index (χ4v) is 3.84. The molecule has 1 aromatic heterocycles. The zero-order valence-electron chi connectivity index (χ0n) is 17.3. The van der Waals surface area contributed by atoms with Crippen molar-refractivity contribution in [3.05, 3.63) is 87.3 Å². The van der Waals surface area contributed by atoms with Crippen molar-refractivity contribution in [2.24, 2.45) is 0 Å². The topological polar surface area (TPSA) is 54.3 Å². The molecule has 3 aromatic rings. The smallest absolute Gasteiger partial charge is 0.318 e. The minimum Gasteiger partial charge on any atom is -0.318 e. The van der Waals surface area contributed by atoms with E-state index in [1.54, 1.807) is 30.3 Å². The highest BCUT2D eigenvalue weighted by Gasteiger charge is 2.35. The first-order valence-corrected chi connectivity index (χ1v) is 10.0. The standard InChI is InChI=1S/C24H22ClN3O2/c1-14-5-8-21(11-15(14)2)27-16(3)12-18(17(27)4)13-22-23(29)28(24(30)26-22)20-9-6-19(25)7-10-20/h5-13H,1-4H3,(H,26,30)/b22-13+. The highest BCUT2D eigenvalue weighted by Crippen LogP contribution is 2.27. The van der Waals surface area contributed by atoms with Crippen LogP contribution in [0.3, 0.4) is 0 Å². The average Bonchev–Trinajstić information content (AvgIpc) is 3.13. The van der Waals surface area contributed by atoms with Crippen LogP contribution in [0.4, 0.5) is 10.5 Å². The van der Waals surface area contributed by atoms with Gasteiger partial charge in [-0.2, -0.15) is 0 Å². The summed E-state index contributed by atoms with van der Waals surface area (Å²) in [6.45, 7) is 8.21. The lowest BCUT2D eigenvalue weighted by Crippen LogP contribution is -2.30. The number of aryl methyl sites for hydroxylation is 3. The number of aromatic nitrogens is 1. The first-order chi connectivity index (χ1) is 14.3. The van der Waals surface area contributed by atoms with Gasteiger partial charge in [0.25, 0.3) is 5.91 Å². The molecule has 1 saturated heterocycles. The second-order valence-corrected chi connectivity index (χ2v) is 7.97. The van der Waals surface area contributed by atoms with E-state index in [9.17, 15) is 9.59 Å². The highest BCUT2D eigenvalue weighted by atomic mass is 35.5. The molecule has 4 rings (SSSR count). The molecule has 6 heteroatoms. The molecule has 1 N–H and O–H groups in total. The summed E-state index contributed by atoms with van der Waals surface area (Å²) in [5.74, 6) is -0.390. The van der Waals surface area contributed by atoms with Gasteiger partial charge in [0.15, 0.2) is 0 Å². The molecule has 1 aliphatic rings. The largest absolute Gasteiger partial charge is 0.333 e. The molecule has 0 bridgehead atoms. The van der Waals surface area contributed by atoms with Crippen molar-refractivity contribution < 1.29 is 9.59 Å².